The molecule has 4 N–H and O–H groups in total. The molecule has 0 aliphatic carbocycles. The van der Waals surface area contributed by atoms with Crippen LogP contribution in [0.3, 0.4) is 0 Å². The van der Waals surface area contributed by atoms with Gasteiger partial charge in [0.25, 0.3) is 0 Å². The Hall–Kier alpha value is -0.770. The van der Waals surface area contributed by atoms with Gasteiger partial charge in [0.1, 0.15) is 4.99 Å². The number of thioether (sulfide) groups is 1. The number of rotatable bonds is 4. The molecule has 0 fully saturated rings. The Morgan fingerprint density at radius 2 is 1.92 bits per heavy atom. The smallest absolute Gasteiger partial charge is 0.139 e. The standard InChI is InChI=1S/C10H14N2S/c1-2-8-13-10(11,12)9-6-4-3-5-7-9/h2-7H,1,8,11-12H2. The summed E-state index contributed by atoms with van der Waals surface area (Å²) in [7, 11) is 0. The van der Waals surface area contributed by atoms with Crippen molar-refractivity contribution in [1.82, 2.24) is 0 Å². The van der Waals surface area contributed by atoms with E-state index in [4.69, 9.17) is 11.5 Å². The van der Waals surface area contributed by atoms with Gasteiger partial charge in [-0.25, -0.2) is 0 Å². The monoisotopic (exact) mass is 194 g/mol. The van der Waals surface area contributed by atoms with E-state index in [1.54, 1.807) is 6.08 Å². The van der Waals surface area contributed by atoms with Crippen molar-refractivity contribution in [3.63, 3.8) is 0 Å². The van der Waals surface area contributed by atoms with E-state index in [0.717, 1.165) is 11.3 Å². The average Bonchev–Trinajstić information content (AvgIpc) is 2.16. The van der Waals surface area contributed by atoms with Crippen molar-refractivity contribution in [3.05, 3.63) is 48.6 Å². The molecule has 0 radical (unpaired) electrons. The van der Waals surface area contributed by atoms with Crippen LogP contribution in [0.4, 0.5) is 0 Å². The van der Waals surface area contributed by atoms with Crippen molar-refractivity contribution in [2.75, 3.05) is 5.75 Å². The highest BCUT2D eigenvalue weighted by molar-refractivity contribution is 8.00. The molecule has 70 valence electrons. The third-order valence-corrected chi connectivity index (χ3v) is 2.78. The number of hydrogen-bond donors (Lipinski definition) is 2. The zero-order valence-electron chi connectivity index (χ0n) is 7.44. The van der Waals surface area contributed by atoms with Crippen molar-refractivity contribution >= 4 is 11.8 Å². The van der Waals surface area contributed by atoms with Gasteiger partial charge >= 0.3 is 0 Å². The first kappa shape index (κ1) is 10.3. The van der Waals surface area contributed by atoms with E-state index in [9.17, 15) is 0 Å². The molecule has 0 bridgehead atoms. The molecular weight excluding hydrogens is 180 g/mol. The van der Waals surface area contributed by atoms with E-state index < -0.39 is 4.99 Å². The van der Waals surface area contributed by atoms with Crippen LogP contribution in [0.25, 0.3) is 0 Å². The van der Waals surface area contributed by atoms with E-state index in [0.29, 0.717) is 0 Å². The second-order valence-corrected chi connectivity index (χ2v) is 4.06. The Bertz CT molecular complexity index is 270. The maximum Gasteiger partial charge on any atom is 0.139 e. The van der Waals surface area contributed by atoms with Crippen LogP contribution in [0, 0.1) is 0 Å². The highest BCUT2D eigenvalue weighted by Crippen LogP contribution is 2.24. The molecule has 0 saturated carbocycles. The van der Waals surface area contributed by atoms with Crippen LogP contribution in [0.1, 0.15) is 5.56 Å². The zero-order chi connectivity index (χ0) is 9.73. The summed E-state index contributed by atoms with van der Waals surface area (Å²) in [6.45, 7) is 3.63. The molecule has 0 amide bonds. The van der Waals surface area contributed by atoms with Gasteiger partial charge < -0.3 is 11.5 Å². The van der Waals surface area contributed by atoms with Crippen LogP contribution in [0.2, 0.25) is 0 Å². The molecule has 2 nitrogen and oxygen atoms in total. The predicted molar refractivity (Wildman–Crippen MR) is 59.1 cm³/mol. The van der Waals surface area contributed by atoms with Gasteiger partial charge in [0.2, 0.25) is 0 Å². The molecule has 1 aromatic rings. The Morgan fingerprint density at radius 3 is 2.46 bits per heavy atom. The Labute approximate surface area is 83.0 Å². The molecule has 0 spiro atoms. The normalized spacial score (nSPS) is 11.2. The molecular formula is C10H14N2S. The summed E-state index contributed by atoms with van der Waals surface area (Å²) >= 11 is 1.47. The molecule has 0 atom stereocenters. The predicted octanol–water partition coefficient (Wildman–Crippen LogP) is 1.63. The van der Waals surface area contributed by atoms with Crippen LogP contribution >= 0.6 is 11.8 Å². The third-order valence-electron chi connectivity index (χ3n) is 1.66. The highest BCUT2D eigenvalue weighted by atomic mass is 32.2. The van der Waals surface area contributed by atoms with Gasteiger partial charge in [-0.05, 0) is 5.56 Å². The first-order chi connectivity index (χ1) is 6.17. The summed E-state index contributed by atoms with van der Waals surface area (Å²) in [5.74, 6) is 0.752. The van der Waals surface area contributed by atoms with Gasteiger partial charge in [0.05, 0.1) is 0 Å². The van der Waals surface area contributed by atoms with Gasteiger partial charge in [0, 0.05) is 5.75 Å². The quantitative estimate of drug-likeness (QED) is 0.566. The van der Waals surface area contributed by atoms with Gasteiger partial charge in [-0.15, -0.1) is 18.3 Å². The Kier molecular flexibility index (Phi) is 3.54. The van der Waals surface area contributed by atoms with Crippen molar-refractivity contribution in [2.24, 2.45) is 11.5 Å². The largest absolute Gasteiger partial charge is 0.301 e. The summed E-state index contributed by atoms with van der Waals surface area (Å²) in [4.78, 5) is -0.810. The number of benzene rings is 1. The van der Waals surface area contributed by atoms with Gasteiger partial charge in [0.15, 0.2) is 0 Å². The third kappa shape index (κ3) is 2.88. The van der Waals surface area contributed by atoms with E-state index in [-0.39, 0.29) is 0 Å². The Morgan fingerprint density at radius 1 is 1.31 bits per heavy atom. The summed E-state index contributed by atoms with van der Waals surface area (Å²) in [5.41, 5.74) is 12.8. The molecule has 0 unspecified atom stereocenters. The van der Waals surface area contributed by atoms with Crippen molar-refractivity contribution in [2.45, 2.75) is 4.99 Å². The first-order valence-corrected chi connectivity index (χ1v) is 5.03. The first-order valence-electron chi connectivity index (χ1n) is 4.05. The van der Waals surface area contributed by atoms with Crippen LogP contribution < -0.4 is 11.5 Å². The summed E-state index contributed by atoms with van der Waals surface area (Å²) < 4.78 is 0. The molecule has 13 heavy (non-hydrogen) atoms. The lowest BCUT2D eigenvalue weighted by molar-refractivity contribution is 0.696. The summed E-state index contributed by atoms with van der Waals surface area (Å²) in [5, 5.41) is 0. The van der Waals surface area contributed by atoms with Crippen LogP contribution in [-0.4, -0.2) is 5.75 Å². The maximum absolute atomic E-state index is 5.92. The van der Waals surface area contributed by atoms with Crippen molar-refractivity contribution in [3.8, 4) is 0 Å². The van der Waals surface area contributed by atoms with E-state index in [2.05, 4.69) is 6.58 Å². The van der Waals surface area contributed by atoms with Crippen LogP contribution in [-0.2, 0) is 4.99 Å². The molecule has 3 heteroatoms. The molecule has 0 heterocycles. The molecule has 0 aliphatic heterocycles. The zero-order valence-corrected chi connectivity index (χ0v) is 8.26. The minimum absolute atomic E-state index is 0.752. The lowest BCUT2D eigenvalue weighted by Gasteiger charge is -2.23. The van der Waals surface area contributed by atoms with Gasteiger partial charge in [-0.3, -0.25) is 0 Å². The molecule has 1 rings (SSSR count). The van der Waals surface area contributed by atoms with Gasteiger partial charge in [-0.2, -0.15) is 0 Å². The lowest BCUT2D eigenvalue weighted by atomic mass is 10.2. The maximum atomic E-state index is 5.92. The fraction of sp³-hybridized carbons (Fsp3) is 0.200. The summed E-state index contributed by atoms with van der Waals surface area (Å²) in [6, 6.07) is 9.65. The van der Waals surface area contributed by atoms with Crippen molar-refractivity contribution in [1.29, 1.82) is 0 Å². The number of nitrogens with two attached hydrogens (primary N) is 2. The molecule has 0 saturated heterocycles. The lowest BCUT2D eigenvalue weighted by Crippen LogP contribution is -2.42. The fourth-order valence-corrected chi connectivity index (χ4v) is 1.68. The van der Waals surface area contributed by atoms with Crippen LogP contribution in [0.5, 0.6) is 0 Å². The van der Waals surface area contributed by atoms with E-state index in [1.165, 1.54) is 11.8 Å². The second kappa shape index (κ2) is 4.46. The van der Waals surface area contributed by atoms with E-state index in [1.807, 2.05) is 30.3 Å². The molecule has 1 aromatic carbocycles. The summed E-state index contributed by atoms with van der Waals surface area (Å²) in [6.07, 6.45) is 1.79. The molecule has 0 aliphatic rings. The van der Waals surface area contributed by atoms with Crippen LogP contribution in [0.15, 0.2) is 43.0 Å². The molecule has 0 aromatic heterocycles. The number of hydrogen-bond acceptors (Lipinski definition) is 3. The minimum atomic E-state index is -0.810. The average molecular weight is 194 g/mol. The SMILES string of the molecule is C=CCSC(N)(N)c1ccccc1. The minimum Gasteiger partial charge on any atom is -0.301 e. The highest BCUT2D eigenvalue weighted by Gasteiger charge is 2.20. The van der Waals surface area contributed by atoms with Gasteiger partial charge in [-0.1, -0.05) is 36.4 Å². The second-order valence-electron chi connectivity index (χ2n) is 2.76. The van der Waals surface area contributed by atoms with Crippen molar-refractivity contribution < 1.29 is 0 Å². The fourth-order valence-electron chi connectivity index (χ4n) is 0.979. The Balaban J connectivity index is 2.74. The topological polar surface area (TPSA) is 52.0 Å². The van der Waals surface area contributed by atoms with E-state index >= 15 is 0 Å².